The lowest BCUT2D eigenvalue weighted by molar-refractivity contribution is 0.425. The first-order valence-corrected chi connectivity index (χ1v) is 7.43. The van der Waals surface area contributed by atoms with Crippen molar-refractivity contribution < 1.29 is 4.52 Å². The van der Waals surface area contributed by atoms with Gasteiger partial charge in [-0.25, -0.2) is 0 Å². The van der Waals surface area contributed by atoms with Gasteiger partial charge in [0.25, 0.3) is 5.89 Å². The van der Waals surface area contributed by atoms with Crippen LogP contribution in [0.25, 0.3) is 11.5 Å². The third-order valence-corrected chi connectivity index (χ3v) is 4.17. The Balaban J connectivity index is 1.70. The number of thiophene rings is 1. The molecule has 3 aromatic heterocycles. The number of rotatable bonds is 4. The summed E-state index contributed by atoms with van der Waals surface area (Å²) in [6.45, 7) is 0. The fraction of sp³-hybridized carbons (Fsp3) is 0.0833. The zero-order chi connectivity index (χ0) is 13.1. The van der Waals surface area contributed by atoms with Crippen LogP contribution in [0, 0.1) is 0 Å². The lowest BCUT2D eigenvalue weighted by Crippen LogP contribution is -1.90. The molecule has 96 valence electrons. The molecular weight excluding hydrogens is 280 g/mol. The van der Waals surface area contributed by atoms with E-state index in [0.717, 1.165) is 10.5 Å². The summed E-state index contributed by atoms with van der Waals surface area (Å²) in [7, 11) is 0. The first kappa shape index (κ1) is 12.2. The number of anilines is 1. The summed E-state index contributed by atoms with van der Waals surface area (Å²) in [5, 5.41) is 7.91. The van der Waals surface area contributed by atoms with Gasteiger partial charge in [0.15, 0.2) is 5.82 Å². The van der Waals surface area contributed by atoms with Crippen LogP contribution in [0.2, 0.25) is 0 Å². The average molecular weight is 290 g/mol. The van der Waals surface area contributed by atoms with Crippen molar-refractivity contribution >= 4 is 28.8 Å². The maximum atomic E-state index is 5.82. The second-order valence-corrected chi connectivity index (χ2v) is 5.53. The van der Waals surface area contributed by atoms with Gasteiger partial charge < -0.3 is 10.3 Å². The largest absolute Gasteiger partial charge is 0.397 e. The van der Waals surface area contributed by atoms with Crippen LogP contribution in [0.1, 0.15) is 5.82 Å². The maximum Gasteiger partial charge on any atom is 0.258 e. The van der Waals surface area contributed by atoms with Crippen LogP contribution in [0.4, 0.5) is 5.69 Å². The number of hydrogen-bond acceptors (Lipinski definition) is 7. The molecule has 0 amide bonds. The van der Waals surface area contributed by atoms with E-state index in [1.165, 1.54) is 0 Å². The topological polar surface area (TPSA) is 77.8 Å². The van der Waals surface area contributed by atoms with Gasteiger partial charge in [-0.3, -0.25) is 4.98 Å². The fourth-order valence-electron chi connectivity index (χ4n) is 1.48. The Kier molecular flexibility index (Phi) is 3.47. The molecule has 5 nitrogen and oxygen atoms in total. The highest BCUT2D eigenvalue weighted by molar-refractivity contribution is 7.98. The Morgan fingerprint density at radius 2 is 2.32 bits per heavy atom. The highest BCUT2D eigenvalue weighted by Crippen LogP contribution is 2.27. The van der Waals surface area contributed by atoms with Crippen molar-refractivity contribution in [2.75, 3.05) is 5.73 Å². The molecule has 0 spiro atoms. The molecule has 0 atom stereocenters. The number of nitrogen functional groups attached to an aromatic ring is 1. The molecule has 3 heterocycles. The van der Waals surface area contributed by atoms with Crippen LogP contribution < -0.4 is 5.73 Å². The van der Waals surface area contributed by atoms with Crippen molar-refractivity contribution in [3.05, 3.63) is 41.1 Å². The van der Waals surface area contributed by atoms with E-state index in [2.05, 4.69) is 15.1 Å². The summed E-state index contributed by atoms with van der Waals surface area (Å²) in [6, 6.07) is 3.83. The molecule has 3 aromatic rings. The summed E-state index contributed by atoms with van der Waals surface area (Å²) in [5.74, 6) is 1.82. The molecule has 0 radical (unpaired) electrons. The minimum absolute atomic E-state index is 0.555. The molecule has 0 aliphatic carbocycles. The van der Waals surface area contributed by atoms with Crippen LogP contribution >= 0.6 is 23.1 Å². The molecule has 0 aromatic carbocycles. The normalized spacial score (nSPS) is 10.7. The molecule has 0 unspecified atom stereocenters. The highest BCUT2D eigenvalue weighted by atomic mass is 32.2. The Morgan fingerprint density at radius 1 is 1.37 bits per heavy atom. The van der Waals surface area contributed by atoms with E-state index in [0.29, 0.717) is 23.2 Å². The van der Waals surface area contributed by atoms with Crippen LogP contribution in [0.5, 0.6) is 0 Å². The van der Waals surface area contributed by atoms with E-state index in [-0.39, 0.29) is 0 Å². The molecule has 19 heavy (non-hydrogen) atoms. The van der Waals surface area contributed by atoms with Crippen molar-refractivity contribution in [1.82, 2.24) is 15.1 Å². The number of pyridine rings is 1. The zero-order valence-corrected chi connectivity index (χ0v) is 11.4. The van der Waals surface area contributed by atoms with Gasteiger partial charge >= 0.3 is 0 Å². The van der Waals surface area contributed by atoms with Gasteiger partial charge in [-0.1, -0.05) is 5.16 Å². The van der Waals surface area contributed by atoms with E-state index >= 15 is 0 Å². The van der Waals surface area contributed by atoms with Gasteiger partial charge in [0.1, 0.15) is 0 Å². The fourth-order valence-corrected chi connectivity index (χ4v) is 2.89. The maximum absolute atomic E-state index is 5.82. The van der Waals surface area contributed by atoms with Gasteiger partial charge in [0, 0.05) is 16.5 Å². The van der Waals surface area contributed by atoms with Crippen LogP contribution in [0.3, 0.4) is 0 Å². The number of hydrogen-bond donors (Lipinski definition) is 1. The molecule has 0 aliphatic rings. The molecule has 0 fully saturated rings. The average Bonchev–Trinajstić information content (AvgIpc) is 3.09. The third kappa shape index (κ3) is 2.77. The zero-order valence-electron chi connectivity index (χ0n) is 9.81. The Labute approximate surface area is 117 Å². The van der Waals surface area contributed by atoms with Crippen LogP contribution in [-0.4, -0.2) is 15.1 Å². The van der Waals surface area contributed by atoms with Crippen molar-refractivity contribution in [2.24, 2.45) is 0 Å². The summed E-state index contributed by atoms with van der Waals surface area (Å²) in [6.07, 6.45) is 3.35. The van der Waals surface area contributed by atoms with Gasteiger partial charge in [0.2, 0.25) is 0 Å². The van der Waals surface area contributed by atoms with E-state index in [1.54, 1.807) is 35.5 Å². The Bertz CT molecular complexity index is 666. The monoisotopic (exact) mass is 290 g/mol. The lowest BCUT2D eigenvalue weighted by Gasteiger charge is -2.01. The molecule has 2 N–H and O–H groups in total. The third-order valence-electron chi connectivity index (χ3n) is 2.40. The Hall–Kier alpha value is -1.86. The second-order valence-electron chi connectivity index (χ2n) is 3.73. The van der Waals surface area contributed by atoms with E-state index in [1.807, 2.05) is 22.9 Å². The predicted molar refractivity (Wildman–Crippen MR) is 75.8 cm³/mol. The number of nitrogens with zero attached hydrogens (tertiary/aromatic N) is 3. The van der Waals surface area contributed by atoms with Crippen molar-refractivity contribution in [1.29, 1.82) is 0 Å². The second kappa shape index (κ2) is 5.41. The van der Waals surface area contributed by atoms with E-state index in [4.69, 9.17) is 10.3 Å². The van der Waals surface area contributed by atoms with Gasteiger partial charge in [0.05, 0.1) is 23.2 Å². The van der Waals surface area contributed by atoms with Crippen molar-refractivity contribution in [3.63, 3.8) is 0 Å². The highest BCUT2D eigenvalue weighted by Gasteiger charge is 2.10. The summed E-state index contributed by atoms with van der Waals surface area (Å²) >= 11 is 3.16. The minimum Gasteiger partial charge on any atom is -0.397 e. The first-order chi connectivity index (χ1) is 9.33. The lowest BCUT2D eigenvalue weighted by atomic mass is 10.3. The standard InChI is InChI=1S/C12H10N4OS2/c13-9-5-14-3-1-10(9)19-7-11-15-12(17-16-11)8-2-4-18-6-8/h1-6H,7,13H2. The molecular formula is C12H10N4OS2. The smallest absolute Gasteiger partial charge is 0.258 e. The van der Waals surface area contributed by atoms with E-state index in [9.17, 15) is 0 Å². The summed E-state index contributed by atoms with van der Waals surface area (Å²) in [5.41, 5.74) is 7.44. The summed E-state index contributed by atoms with van der Waals surface area (Å²) in [4.78, 5) is 9.27. The quantitative estimate of drug-likeness (QED) is 0.744. The number of nitrogens with two attached hydrogens (primary N) is 1. The Morgan fingerprint density at radius 3 is 3.11 bits per heavy atom. The molecule has 0 aliphatic heterocycles. The number of thioether (sulfide) groups is 1. The molecule has 0 saturated heterocycles. The van der Waals surface area contributed by atoms with Crippen molar-refractivity contribution in [2.45, 2.75) is 10.6 Å². The molecule has 7 heteroatoms. The number of aromatic nitrogens is 3. The molecule has 0 saturated carbocycles. The molecule has 0 bridgehead atoms. The predicted octanol–water partition coefficient (Wildman–Crippen LogP) is 3.07. The first-order valence-electron chi connectivity index (χ1n) is 5.50. The molecule has 3 rings (SSSR count). The summed E-state index contributed by atoms with van der Waals surface area (Å²) < 4.78 is 5.22. The van der Waals surface area contributed by atoms with Crippen LogP contribution in [0.15, 0.2) is 44.7 Å². The van der Waals surface area contributed by atoms with Gasteiger partial charge in [-0.05, 0) is 17.5 Å². The van der Waals surface area contributed by atoms with E-state index < -0.39 is 0 Å². The van der Waals surface area contributed by atoms with Gasteiger partial charge in [-0.15, -0.1) is 11.8 Å². The SMILES string of the molecule is Nc1cnccc1SCc1noc(-c2ccsc2)n1. The van der Waals surface area contributed by atoms with Crippen LogP contribution in [-0.2, 0) is 5.75 Å². The minimum atomic E-state index is 0.555. The van der Waals surface area contributed by atoms with Crippen molar-refractivity contribution in [3.8, 4) is 11.5 Å². The van der Waals surface area contributed by atoms with Gasteiger partial charge in [-0.2, -0.15) is 16.3 Å².